The molecule has 1 N–H and O–H groups in total. The second-order valence-electron chi connectivity index (χ2n) is 6.60. The molecule has 5 nitrogen and oxygen atoms in total. The van der Waals surface area contributed by atoms with Crippen LogP contribution in [0.25, 0.3) is 0 Å². The number of rotatable bonds is 5. The lowest BCUT2D eigenvalue weighted by atomic mass is 9.97. The van der Waals surface area contributed by atoms with Gasteiger partial charge in [-0.2, -0.15) is 0 Å². The zero-order valence-electron chi connectivity index (χ0n) is 14.5. The van der Waals surface area contributed by atoms with Gasteiger partial charge in [-0.05, 0) is 50.8 Å². The maximum absolute atomic E-state index is 11.1. The van der Waals surface area contributed by atoms with Crippen LogP contribution in [0.2, 0.25) is 0 Å². The molecule has 1 aliphatic rings. The minimum atomic E-state index is -0.0702. The van der Waals surface area contributed by atoms with Crippen molar-refractivity contribution in [1.82, 2.24) is 14.9 Å². The molecule has 2 aromatic heterocycles. The number of carbonyl (C=O) groups is 1. The summed E-state index contributed by atoms with van der Waals surface area (Å²) in [5, 5.41) is 3.43. The monoisotopic (exact) mass is 344 g/mol. The van der Waals surface area contributed by atoms with E-state index in [2.05, 4.69) is 39.2 Å². The Labute approximate surface area is 147 Å². The number of anilines is 1. The van der Waals surface area contributed by atoms with Gasteiger partial charge in [0.1, 0.15) is 0 Å². The average Bonchev–Trinajstić information content (AvgIpc) is 3.12. The zero-order valence-corrected chi connectivity index (χ0v) is 15.3. The molecule has 1 saturated heterocycles. The number of hydrogen-bond donors (Lipinski definition) is 1. The Balaban J connectivity index is 1.53. The maximum atomic E-state index is 11.1. The van der Waals surface area contributed by atoms with Gasteiger partial charge in [-0.3, -0.25) is 14.7 Å². The lowest BCUT2D eigenvalue weighted by molar-refractivity contribution is -0.114. The third-order valence-electron chi connectivity index (χ3n) is 4.43. The van der Waals surface area contributed by atoms with Crippen molar-refractivity contribution in [2.24, 2.45) is 5.92 Å². The molecule has 24 heavy (non-hydrogen) atoms. The highest BCUT2D eigenvalue weighted by Gasteiger charge is 2.24. The summed E-state index contributed by atoms with van der Waals surface area (Å²) >= 11 is 1.56. The van der Waals surface area contributed by atoms with E-state index in [0.29, 0.717) is 11.0 Å². The van der Waals surface area contributed by atoms with Crippen LogP contribution in [-0.4, -0.2) is 33.9 Å². The van der Waals surface area contributed by atoms with Crippen molar-refractivity contribution >= 4 is 22.4 Å². The van der Waals surface area contributed by atoms with E-state index in [-0.39, 0.29) is 5.91 Å². The van der Waals surface area contributed by atoms with Gasteiger partial charge < -0.3 is 5.32 Å². The van der Waals surface area contributed by atoms with Crippen LogP contribution in [0.5, 0.6) is 0 Å². The van der Waals surface area contributed by atoms with Crippen LogP contribution in [0.1, 0.15) is 35.2 Å². The average molecular weight is 344 g/mol. The lowest BCUT2D eigenvalue weighted by Crippen LogP contribution is -2.20. The molecule has 0 aromatic carbocycles. The van der Waals surface area contributed by atoms with Gasteiger partial charge in [0.15, 0.2) is 5.13 Å². The molecule has 1 unspecified atom stereocenters. The van der Waals surface area contributed by atoms with E-state index in [4.69, 9.17) is 0 Å². The largest absolute Gasteiger partial charge is 0.302 e. The fourth-order valence-electron chi connectivity index (χ4n) is 3.27. The van der Waals surface area contributed by atoms with Gasteiger partial charge in [-0.25, -0.2) is 4.98 Å². The molecule has 0 spiro atoms. The first-order valence-corrected chi connectivity index (χ1v) is 9.19. The molecule has 0 saturated carbocycles. The highest BCUT2D eigenvalue weighted by atomic mass is 32.1. The molecule has 128 valence electrons. The molecule has 0 radical (unpaired) electrons. The van der Waals surface area contributed by atoms with Crippen LogP contribution >= 0.6 is 11.3 Å². The quantitative estimate of drug-likeness (QED) is 0.905. The molecule has 3 heterocycles. The Morgan fingerprint density at radius 3 is 3.00 bits per heavy atom. The normalized spacial score (nSPS) is 18.0. The van der Waals surface area contributed by atoms with Gasteiger partial charge in [0, 0.05) is 42.5 Å². The number of thiazole rings is 1. The predicted octanol–water partition coefficient (Wildman–Crippen LogP) is 3.18. The van der Waals surface area contributed by atoms with Crippen molar-refractivity contribution in [1.29, 1.82) is 0 Å². The van der Waals surface area contributed by atoms with E-state index in [1.165, 1.54) is 23.8 Å². The van der Waals surface area contributed by atoms with Gasteiger partial charge in [-0.1, -0.05) is 6.07 Å². The molecular weight excluding hydrogens is 320 g/mol. The van der Waals surface area contributed by atoms with Crippen LogP contribution < -0.4 is 5.32 Å². The van der Waals surface area contributed by atoms with Crippen molar-refractivity contribution in [3.05, 3.63) is 40.2 Å². The first-order valence-electron chi connectivity index (χ1n) is 8.37. The summed E-state index contributed by atoms with van der Waals surface area (Å²) in [5.41, 5.74) is 3.62. The van der Waals surface area contributed by atoms with E-state index in [9.17, 15) is 4.79 Å². The van der Waals surface area contributed by atoms with E-state index < -0.39 is 0 Å². The third-order valence-corrected chi connectivity index (χ3v) is 5.33. The number of hydrogen-bond acceptors (Lipinski definition) is 5. The van der Waals surface area contributed by atoms with Crippen LogP contribution in [0.3, 0.4) is 0 Å². The number of nitrogens with zero attached hydrogens (tertiary/aromatic N) is 3. The third kappa shape index (κ3) is 4.39. The Kier molecular flexibility index (Phi) is 5.26. The SMILES string of the molecule is CC(=O)Nc1ncc(CN2CCC(Cc3ccc(C)nc3C)C2)s1. The van der Waals surface area contributed by atoms with E-state index in [1.807, 2.05) is 13.1 Å². The van der Waals surface area contributed by atoms with E-state index in [1.54, 1.807) is 11.3 Å². The van der Waals surface area contributed by atoms with Crippen molar-refractivity contribution in [3.8, 4) is 0 Å². The first kappa shape index (κ1) is 17.0. The fourth-order valence-corrected chi connectivity index (χ4v) is 4.18. The molecular formula is C18H24N4OS. The zero-order chi connectivity index (χ0) is 17.1. The summed E-state index contributed by atoms with van der Waals surface area (Å²) in [5.74, 6) is 0.621. The number of aromatic nitrogens is 2. The first-order chi connectivity index (χ1) is 11.5. The van der Waals surface area contributed by atoms with Gasteiger partial charge in [-0.15, -0.1) is 11.3 Å². The van der Waals surface area contributed by atoms with Crippen LogP contribution in [0.15, 0.2) is 18.3 Å². The van der Waals surface area contributed by atoms with Gasteiger partial charge in [0.05, 0.1) is 0 Å². The number of aryl methyl sites for hydroxylation is 2. The standard InChI is InChI=1S/C18H24N4OS/c1-12-4-5-16(13(2)20-12)8-15-6-7-22(10-15)11-17-9-19-18(24-17)21-14(3)23/h4-5,9,15H,6-8,10-11H2,1-3H3,(H,19,21,23). The molecule has 6 heteroatoms. The smallest absolute Gasteiger partial charge is 0.223 e. The second kappa shape index (κ2) is 7.40. The van der Waals surface area contributed by atoms with E-state index >= 15 is 0 Å². The van der Waals surface area contributed by atoms with Crippen molar-refractivity contribution in [2.75, 3.05) is 18.4 Å². The number of amides is 1. The molecule has 2 aromatic rings. The van der Waals surface area contributed by atoms with Gasteiger partial charge >= 0.3 is 0 Å². The molecule has 1 atom stereocenters. The maximum Gasteiger partial charge on any atom is 0.223 e. The van der Waals surface area contributed by atoms with E-state index in [0.717, 1.165) is 37.4 Å². The van der Waals surface area contributed by atoms with Gasteiger partial charge in [0.25, 0.3) is 0 Å². The summed E-state index contributed by atoms with van der Waals surface area (Å²) in [6.07, 6.45) is 4.21. The summed E-state index contributed by atoms with van der Waals surface area (Å²) in [4.78, 5) is 23.6. The number of carbonyl (C=O) groups excluding carboxylic acids is 1. The Hall–Kier alpha value is -1.79. The molecule has 1 fully saturated rings. The topological polar surface area (TPSA) is 58.1 Å². The van der Waals surface area contributed by atoms with Crippen molar-refractivity contribution in [3.63, 3.8) is 0 Å². The Morgan fingerprint density at radius 2 is 2.25 bits per heavy atom. The van der Waals surface area contributed by atoms with Crippen molar-refractivity contribution in [2.45, 2.75) is 40.2 Å². The molecule has 1 aliphatic heterocycles. The number of likely N-dealkylation sites (tertiary alicyclic amines) is 1. The van der Waals surface area contributed by atoms with Crippen LogP contribution in [0, 0.1) is 19.8 Å². The number of pyridine rings is 1. The summed E-state index contributed by atoms with van der Waals surface area (Å²) in [7, 11) is 0. The second-order valence-corrected chi connectivity index (χ2v) is 7.72. The van der Waals surface area contributed by atoms with Crippen LogP contribution in [-0.2, 0) is 17.8 Å². The molecule has 0 aliphatic carbocycles. The van der Waals surface area contributed by atoms with Crippen molar-refractivity contribution < 1.29 is 4.79 Å². The Bertz CT molecular complexity index is 728. The Morgan fingerprint density at radius 1 is 1.42 bits per heavy atom. The number of nitrogens with one attached hydrogen (secondary N) is 1. The minimum Gasteiger partial charge on any atom is -0.302 e. The summed E-state index contributed by atoms with van der Waals surface area (Å²) in [6, 6.07) is 4.33. The van der Waals surface area contributed by atoms with Crippen LogP contribution in [0.4, 0.5) is 5.13 Å². The fraction of sp³-hybridized carbons (Fsp3) is 0.500. The van der Waals surface area contributed by atoms with Gasteiger partial charge in [0.2, 0.25) is 5.91 Å². The summed E-state index contributed by atoms with van der Waals surface area (Å²) < 4.78 is 0. The highest BCUT2D eigenvalue weighted by molar-refractivity contribution is 7.15. The lowest BCUT2D eigenvalue weighted by Gasteiger charge is -2.15. The highest BCUT2D eigenvalue weighted by Crippen LogP contribution is 2.26. The minimum absolute atomic E-state index is 0.0702. The molecule has 1 amide bonds. The molecule has 0 bridgehead atoms. The summed E-state index contributed by atoms with van der Waals surface area (Å²) in [6.45, 7) is 8.80. The predicted molar refractivity (Wildman–Crippen MR) is 97.2 cm³/mol. The molecule has 3 rings (SSSR count).